The van der Waals surface area contributed by atoms with E-state index < -0.39 is 0 Å². The molecule has 1 rings (SSSR count). The normalized spacial score (nSPS) is 10.0. The second-order valence-corrected chi connectivity index (χ2v) is 3.10. The Balaban J connectivity index is 2.73. The molecule has 0 aliphatic rings. The van der Waals surface area contributed by atoms with E-state index in [1.165, 1.54) is 7.11 Å². The third-order valence-electron chi connectivity index (χ3n) is 2.14. The maximum absolute atomic E-state index is 11.4. The van der Waals surface area contributed by atoms with Crippen molar-refractivity contribution in [3.63, 3.8) is 0 Å². The Bertz CT molecular complexity index is 320. The summed E-state index contributed by atoms with van der Waals surface area (Å²) >= 11 is 0. The van der Waals surface area contributed by atoms with Crippen LogP contribution < -0.4 is 0 Å². The number of esters is 1. The molecule has 3 heteroatoms. The lowest BCUT2D eigenvalue weighted by Gasteiger charge is -2.07. The molecule has 0 aliphatic carbocycles. The number of carbonyl (C=O) groups is 1. The first-order valence-electron chi connectivity index (χ1n) is 5.03. The van der Waals surface area contributed by atoms with Gasteiger partial charge in [-0.25, -0.2) is 4.79 Å². The van der Waals surface area contributed by atoms with E-state index in [1.807, 2.05) is 25.1 Å². The fourth-order valence-corrected chi connectivity index (χ4v) is 1.37. The second-order valence-electron chi connectivity index (χ2n) is 3.10. The Hall–Kier alpha value is -1.35. The SMILES string of the molecule is CCOCCc1ccccc1C(=O)OC. The topological polar surface area (TPSA) is 35.5 Å². The van der Waals surface area contributed by atoms with Crippen molar-refractivity contribution in [2.45, 2.75) is 13.3 Å². The lowest BCUT2D eigenvalue weighted by Crippen LogP contribution is -2.07. The molecule has 0 saturated heterocycles. The van der Waals surface area contributed by atoms with E-state index in [2.05, 4.69) is 0 Å². The lowest BCUT2D eigenvalue weighted by atomic mass is 10.1. The van der Waals surface area contributed by atoms with Crippen LogP contribution >= 0.6 is 0 Å². The van der Waals surface area contributed by atoms with Crippen LogP contribution in [0.5, 0.6) is 0 Å². The van der Waals surface area contributed by atoms with E-state index in [9.17, 15) is 4.79 Å². The molecule has 0 fully saturated rings. The first-order valence-corrected chi connectivity index (χ1v) is 5.03. The van der Waals surface area contributed by atoms with Crippen LogP contribution in [0.1, 0.15) is 22.8 Å². The molecule has 0 atom stereocenters. The minimum atomic E-state index is -0.290. The summed E-state index contributed by atoms with van der Waals surface area (Å²) in [5, 5.41) is 0. The quantitative estimate of drug-likeness (QED) is 0.548. The van der Waals surface area contributed by atoms with Crippen molar-refractivity contribution in [3.05, 3.63) is 35.4 Å². The molecule has 82 valence electrons. The average molecular weight is 208 g/mol. The standard InChI is InChI=1S/C12H16O3/c1-3-15-9-8-10-6-4-5-7-11(10)12(13)14-2/h4-7H,3,8-9H2,1-2H3. The van der Waals surface area contributed by atoms with Gasteiger partial charge < -0.3 is 9.47 Å². The van der Waals surface area contributed by atoms with E-state index >= 15 is 0 Å². The molecule has 1 aromatic carbocycles. The molecule has 0 aliphatic heterocycles. The number of ether oxygens (including phenoxy) is 2. The van der Waals surface area contributed by atoms with Crippen molar-refractivity contribution in [1.82, 2.24) is 0 Å². The maximum Gasteiger partial charge on any atom is 0.338 e. The van der Waals surface area contributed by atoms with Gasteiger partial charge in [0.2, 0.25) is 0 Å². The van der Waals surface area contributed by atoms with Crippen molar-refractivity contribution in [2.75, 3.05) is 20.3 Å². The summed E-state index contributed by atoms with van der Waals surface area (Å²) in [6, 6.07) is 7.43. The molecule has 0 aromatic heterocycles. The molecular formula is C12H16O3. The second kappa shape index (κ2) is 6.19. The predicted octanol–water partition coefficient (Wildman–Crippen LogP) is 2.05. The smallest absolute Gasteiger partial charge is 0.338 e. The van der Waals surface area contributed by atoms with Crippen LogP contribution in [0.2, 0.25) is 0 Å². The molecule has 0 unspecified atom stereocenters. The van der Waals surface area contributed by atoms with Crippen molar-refractivity contribution in [2.24, 2.45) is 0 Å². The number of rotatable bonds is 5. The summed E-state index contributed by atoms with van der Waals surface area (Å²) in [4.78, 5) is 11.4. The zero-order valence-electron chi connectivity index (χ0n) is 9.16. The van der Waals surface area contributed by atoms with Crippen molar-refractivity contribution in [1.29, 1.82) is 0 Å². The van der Waals surface area contributed by atoms with Gasteiger partial charge >= 0.3 is 5.97 Å². The Morgan fingerprint density at radius 3 is 2.73 bits per heavy atom. The van der Waals surface area contributed by atoms with Crippen molar-refractivity contribution < 1.29 is 14.3 Å². The fourth-order valence-electron chi connectivity index (χ4n) is 1.37. The summed E-state index contributed by atoms with van der Waals surface area (Å²) in [5.74, 6) is -0.290. The van der Waals surface area contributed by atoms with Crippen LogP contribution in [0.15, 0.2) is 24.3 Å². The largest absolute Gasteiger partial charge is 0.465 e. The number of carbonyl (C=O) groups excluding carboxylic acids is 1. The molecule has 0 heterocycles. The van der Waals surface area contributed by atoms with E-state index in [0.717, 1.165) is 12.0 Å². The molecular weight excluding hydrogens is 192 g/mol. The third-order valence-corrected chi connectivity index (χ3v) is 2.14. The van der Waals surface area contributed by atoms with Gasteiger partial charge in [0.05, 0.1) is 19.3 Å². The molecule has 1 aromatic rings. The fraction of sp³-hybridized carbons (Fsp3) is 0.417. The van der Waals surface area contributed by atoms with Crippen LogP contribution in [0.4, 0.5) is 0 Å². The molecule has 0 saturated carbocycles. The Labute approximate surface area is 90.0 Å². The highest BCUT2D eigenvalue weighted by Gasteiger charge is 2.09. The van der Waals surface area contributed by atoms with Gasteiger partial charge in [-0.1, -0.05) is 18.2 Å². The lowest BCUT2D eigenvalue weighted by molar-refractivity contribution is 0.0599. The summed E-state index contributed by atoms with van der Waals surface area (Å²) in [5.41, 5.74) is 1.59. The van der Waals surface area contributed by atoms with Gasteiger partial charge in [-0.3, -0.25) is 0 Å². The molecule has 0 bridgehead atoms. The van der Waals surface area contributed by atoms with Gasteiger partial charge in [-0.2, -0.15) is 0 Å². The van der Waals surface area contributed by atoms with Gasteiger partial charge in [-0.05, 0) is 25.0 Å². The highest BCUT2D eigenvalue weighted by atomic mass is 16.5. The van der Waals surface area contributed by atoms with Crippen LogP contribution in [0.25, 0.3) is 0 Å². The van der Waals surface area contributed by atoms with Crippen LogP contribution in [-0.4, -0.2) is 26.3 Å². The summed E-state index contributed by atoms with van der Waals surface area (Å²) < 4.78 is 9.96. The molecule has 0 radical (unpaired) electrons. The number of hydrogen-bond acceptors (Lipinski definition) is 3. The zero-order chi connectivity index (χ0) is 11.1. The zero-order valence-corrected chi connectivity index (χ0v) is 9.16. The molecule has 0 spiro atoms. The number of hydrogen-bond donors (Lipinski definition) is 0. The number of benzene rings is 1. The number of methoxy groups -OCH3 is 1. The Morgan fingerprint density at radius 1 is 1.33 bits per heavy atom. The molecule has 15 heavy (non-hydrogen) atoms. The van der Waals surface area contributed by atoms with Gasteiger partial charge in [-0.15, -0.1) is 0 Å². The first-order chi connectivity index (χ1) is 7.29. The molecule has 0 N–H and O–H groups in total. The third kappa shape index (κ3) is 3.36. The predicted molar refractivity (Wildman–Crippen MR) is 58.0 cm³/mol. The maximum atomic E-state index is 11.4. The van der Waals surface area contributed by atoms with E-state index in [1.54, 1.807) is 6.07 Å². The Kier molecular flexibility index (Phi) is 4.84. The Morgan fingerprint density at radius 2 is 2.07 bits per heavy atom. The summed E-state index contributed by atoms with van der Waals surface area (Å²) in [6.45, 7) is 3.27. The van der Waals surface area contributed by atoms with Gasteiger partial charge in [0.25, 0.3) is 0 Å². The van der Waals surface area contributed by atoms with Crippen LogP contribution in [0, 0.1) is 0 Å². The van der Waals surface area contributed by atoms with E-state index in [0.29, 0.717) is 18.8 Å². The van der Waals surface area contributed by atoms with Gasteiger partial charge in [0.1, 0.15) is 0 Å². The van der Waals surface area contributed by atoms with Crippen LogP contribution in [-0.2, 0) is 15.9 Å². The minimum Gasteiger partial charge on any atom is -0.465 e. The molecule has 3 nitrogen and oxygen atoms in total. The van der Waals surface area contributed by atoms with E-state index in [4.69, 9.17) is 9.47 Å². The van der Waals surface area contributed by atoms with E-state index in [-0.39, 0.29) is 5.97 Å². The highest BCUT2D eigenvalue weighted by Crippen LogP contribution is 2.10. The highest BCUT2D eigenvalue weighted by molar-refractivity contribution is 5.90. The van der Waals surface area contributed by atoms with Gasteiger partial charge in [0, 0.05) is 6.61 Å². The summed E-state index contributed by atoms with van der Waals surface area (Å²) in [7, 11) is 1.39. The first kappa shape index (κ1) is 11.7. The van der Waals surface area contributed by atoms with Crippen molar-refractivity contribution in [3.8, 4) is 0 Å². The van der Waals surface area contributed by atoms with Crippen LogP contribution in [0.3, 0.4) is 0 Å². The summed E-state index contributed by atoms with van der Waals surface area (Å²) in [6.07, 6.45) is 0.735. The monoisotopic (exact) mass is 208 g/mol. The average Bonchev–Trinajstić information content (AvgIpc) is 2.29. The minimum absolute atomic E-state index is 0.290. The van der Waals surface area contributed by atoms with Gasteiger partial charge in [0.15, 0.2) is 0 Å². The molecule has 0 amide bonds. The van der Waals surface area contributed by atoms with Crippen molar-refractivity contribution >= 4 is 5.97 Å².